The molecular formula is C98H157N17O24S7. The van der Waals surface area contributed by atoms with Crippen molar-refractivity contribution in [3.63, 3.8) is 0 Å². The Morgan fingerprint density at radius 1 is 0.425 bits per heavy atom. The van der Waals surface area contributed by atoms with E-state index in [0.717, 1.165) is 102 Å². The molecule has 8 fully saturated rings. The topological polar surface area (TPSA) is 651 Å². The number of thioether (sulfide) groups is 7. The number of hydrazine groups is 1. The van der Waals surface area contributed by atoms with Crippen molar-refractivity contribution in [3.05, 3.63) is 29.8 Å². The van der Waals surface area contributed by atoms with Crippen molar-refractivity contribution in [1.82, 2.24) is 74.2 Å². The average Bonchev–Trinajstić information content (AvgIpc) is 1.62. The second-order valence-corrected chi connectivity index (χ2v) is 45.1. The molecule has 8 heterocycles. The van der Waals surface area contributed by atoms with E-state index in [0.29, 0.717) is 127 Å². The molecule has 20 N–H and O–H groups in total. The van der Waals surface area contributed by atoms with Gasteiger partial charge in [-0.25, -0.2) is 10.9 Å². The van der Waals surface area contributed by atoms with Gasteiger partial charge in [-0.1, -0.05) is 46.2 Å². The Kier molecular flexibility index (Phi) is 68.2. The zero-order chi connectivity index (χ0) is 109. The molecular weight excluding hydrogens is 2020 g/mol. The zero-order valence-electron chi connectivity index (χ0n) is 86.0. The number of aromatic hydroxyl groups is 1. The van der Waals surface area contributed by atoms with Crippen molar-refractivity contribution in [3.8, 4) is 5.75 Å². The molecule has 0 saturated carbocycles. The Balaban J connectivity index is 0.000000479. The van der Waals surface area contributed by atoms with Gasteiger partial charge < -0.3 is 53.8 Å². The van der Waals surface area contributed by atoms with Crippen LogP contribution in [0.2, 0.25) is 0 Å². The third kappa shape index (κ3) is 57.7. The van der Waals surface area contributed by atoms with Gasteiger partial charge in [0.25, 0.3) is 0 Å². The van der Waals surface area contributed by atoms with Gasteiger partial charge in [-0.05, 0) is 182 Å². The van der Waals surface area contributed by atoms with E-state index >= 15 is 0 Å². The van der Waals surface area contributed by atoms with Gasteiger partial charge in [0, 0.05) is 105 Å². The third-order valence-corrected chi connectivity index (χ3v) is 31.8. The van der Waals surface area contributed by atoms with Crippen molar-refractivity contribution >= 4 is 216 Å². The van der Waals surface area contributed by atoms with Gasteiger partial charge >= 0.3 is 0 Å². The Hall–Kier alpha value is -8.24. The number of phenols is 1. The van der Waals surface area contributed by atoms with Gasteiger partial charge in [0.2, 0.25) is 64.7 Å². The maximum atomic E-state index is 13.7. The zero-order valence-corrected chi connectivity index (χ0v) is 91.7. The number of nitrogens with two attached hydrogens (primary N) is 3. The molecule has 820 valence electrons. The Morgan fingerprint density at radius 3 is 1.14 bits per heavy atom. The molecule has 8 aliphatic rings. The molecule has 9 rings (SSSR count). The lowest BCUT2D eigenvalue weighted by Gasteiger charge is -2.30. The summed E-state index contributed by atoms with van der Waals surface area (Å²) in [6.45, 7) is 18.5. The summed E-state index contributed by atoms with van der Waals surface area (Å²) in [5, 5.41) is 40.8. The number of primary amides is 3. The largest absolute Gasteiger partial charge is 0.508 e. The van der Waals surface area contributed by atoms with Crippen molar-refractivity contribution in [1.29, 1.82) is 0 Å². The number of phenolic OH excluding ortho intramolecular Hbond substituents is 1. The van der Waals surface area contributed by atoms with Crippen LogP contribution in [0.25, 0.3) is 0 Å². The van der Waals surface area contributed by atoms with Crippen molar-refractivity contribution in [2.45, 2.75) is 289 Å². The Bertz CT molecular complexity index is 4210. The number of benzene rings is 1. The molecule has 8 saturated heterocycles. The van der Waals surface area contributed by atoms with E-state index < -0.39 is 114 Å². The Labute approximate surface area is 886 Å². The van der Waals surface area contributed by atoms with E-state index in [-0.39, 0.29) is 168 Å². The number of nitrogens with zero attached hydrogens (tertiary/aromatic N) is 1. The van der Waals surface area contributed by atoms with Gasteiger partial charge in [-0.2, -0.15) is 82.3 Å². The number of amides is 9. The highest BCUT2D eigenvalue weighted by Gasteiger charge is 2.41. The number of ketones is 14. The number of carbonyl (C=O) groups excluding carboxylic acids is 23. The maximum Gasteiger partial charge on any atom is 0.243 e. The van der Waals surface area contributed by atoms with E-state index in [9.17, 15) is 115 Å². The fraction of sp³-hybridized carbons (Fsp3) is 0.704. The van der Waals surface area contributed by atoms with Crippen LogP contribution in [0.1, 0.15) is 210 Å². The lowest BCUT2D eigenvalue weighted by molar-refractivity contribution is -0.141. The van der Waals surface area contributed by atoms with Crippen molar-refractivity contribution in [2.75, 3.05) is 133 Å². The lowest BCUT2D eigenvalue weighted by Crippen LogP contribution is -2.60. The van der Waals surface area contributed by atoms with Gasteiger partial charge in [0.1, 0.15) is 99.3 Å². The minimum atomic E-state index is -1.58. The molecule has 9 amide bonds. The number of Topliss-reactive ketones (excluding diaryl/α,β-unsaturated/α-hetero) is 14. The predicted octanol–water partition coefficient (Wildman–Crippen LogP) is 0.974. The first kappa shape index (κ1) is 132. The third-order valence-electron chi connectivity index (χ3n) is 23.8. The molecule has 0 radical (unpaired) electrons. The number of rotatable bonds is 23. The van der Waals surface area contributed by atoms with E-state index in [1.165, 1.54) is 30.8 Å². The summed E-state index contributed by atoms with van der Waals surface area (Å²) in [5.41, 5.74) is 21.6. The fourth-order valence-corrected chi connectivity index (χ4v) is 22.4. The van der Waals surface area contributed by atoms with Crippen LogP contribution in [0.15, 0.2) is 24.3 Å². The number of likely N-dealkylation sites (tertiary alicyclic amines) is 1. The minimum absolute atomic E-state index is 0.0114. The molecule has 1 aromatic carbocycles. The van der Waals surface area contributed by atoms with Crippen LogP contribution in [-0.2, 0) is 117 Å². The van der Waals surface area contributed by atoms with Crippen LogP contribution in [0.3, 0.4) is 0 Å². The smallest absolute Gasteiger partial charge is 0.243 e. The van der Waals surface area contributed by atoms with Gasteiger partial charge in [-0.3, -0.25) is 142 Å². The molecule has 0 bridgehead atoms. The van der Waals surface area contributed by atoms with Crippen LogP contribution < -0.4 is 86.5 Å². The van der Waals surface area contributed by atoms with Crippen LogP contribution in [0.5, 0.6) is 5.75 Å². The number of hydrogen-bond donors (Lipinski definition) is 17. The van der Waals surface area contributed by atoms with Crippen LogP contribution in [0.4, 0.5) is 0 Å². The Morgan fingerprint density at radius 2 is 0.788 bits per heavy atom. The molecule has 0 aliphatic carbocycles. The molecule has 0 aromatic heterocycles. The highest BCUT2D eigenvalue weighted by Crippen LogP contribution is 2.24. The monoisotopic (exact) mass is 2180 g/mol. The summed E-state index contributed by atoms with van der Waals surface area (Å²) in [7, 11) is 0. The summed E-state index contributed by atoms with van der Waals surface area (Å²) >= 11 is 11.7. The fourth-order valence-electron chi connectivity index (χ4n) is 14.8. The summed E-state index contributed by atoms with van der Waals surface area (Å²) in [4.78, 5) is 278. The van der Waals surface area contributed by atoms with Gasteiger partial charge in [-0.15, -0.1) is 0 Å². The summed E-state index contributed by atoms with van der Waals surface area (Å²) in [5.74, 6) is 4.30. The normalized spacial score (nSPS) is 24.8. The molecule has 48 heteroatoms. The molecule has 0 unspecified atom stereocenters. The summed E-state index contributed by atoms with van der Waals surface area (Å²) < 4.78 is 0. The SMILES string of the molecule is CC(=O)[C@@H]1CSCCCC(=O)CN1.CC(=O)[C@@H]1CSCCCC(=O)CN1.CC(=O)[C@@H]1CSCCCC(=O)CN1.CC(=O)[C@@H]1CSCCCC(=O)CN1.CC(=O)[C@@H]1CSCCCC(=O)CN1.CC(C)C[C@H](NC(=O)[C@@H]1CCCN1C(=O)[C@@H]1CSCCCC(=O)CN1)C(=O)NCC(N)=O.CC[C@H](C)[C@@H]1NC(=O)[C@H](Cc2ccc(O)cc2)NC(=O)CCCSC[C@@H](C(C)=O)NN[C@@H](CC(N)=O)C(=O)C(=O)[C@H](CCC(N)=O)NC1=O. The molecule has 41 nitrogen and oxygen atoms in total. The number of carbonyl (C=O) groups is 23. The molecule has 8 aliphatic heterocycles. The first-order valence-electron chi connectivity index (χ1n) is 49.9. The van der Waals surface area contributed by atoms with Gasteiger partial charge in [0.05, 0.1) is 107 Å². The number of hydrogen-bond acceptors (Lipinski definition) is 39. The second-order valence-electron chi connectivity index (χ2n) is 37.0. The summed E-state index contributed by atoms with van der Waals surface area (Å²) in [6, 6.07) is -2.96. The van der Waals surface area contributed by atoms with E-state index in [1.807, 2.05) is 13.8 Å². The van der Waals surface area contributed by atoms with E-state index in [1.54, 1.807) is 136 Å². The first-order chi connectivity index (χ1) is 69.3. The predicted molar refractivity (Wildman–Crippen MR) is 572 cm³/mol. The molecule has 146 heavy (non-hydrogen) atoms. The van der Waals surface area contributed by atoms with Crippen LogP contribution in [0, 0.1) is 11.8 Å². The van der Waals surface area contributed by atoms with Crippen LogP contribution >= 0.6 is 82.3 Å². The minimum Gasteiger partial charge on any atom is -0.508 e. The number of nitrogens with one attached hydrogen (secondary N) is 13. The van der Waals surface area contributed by atoms with Crippen molar-refractivity contribution < 1.29 is 115 Å². The second kappa shape index (κ2) is 75.5. The van der Waals surface area contributed by atoms with Crippen molar-refractivity contribution in [2.24, 2.45) is 29.0 Å². The standard InChI is InChI=1S/C32H47N7O9S.C21H35N5O5S.5C9H15NO2S/c1-4-17(2)28-32(48)36-21(11-12-25(33)42)29(45)30(46)22(15-26(34)43)38-39-24(18(3)40)16-49-13-5-6-27(44)35-23(31(47)37-28)14-19-7-9-20(41)10-8-19;1-13(2)9-15(19(29)24-11-18(22)28)25-20(30)17-6-3-7-26(17)21(31)16-12-32-8-4-5-14(27)10-23-16;5*1-7(11)9-6-13-4-2-3-8(12)5-10-9/h7-10,17,21-24,28,38-39,41H,4-6,11-16H2,1-3H3,(H2,33,42)(H2,34,43)(H,35,44)(H,36,48)(H,37,47);13,15-17,23H,3-12H2,1-2H3,(H2,22,28)(H,24,29)(H,25,30);5*9-10H,2-6H2,1H3/t17-,21-,22-,23-,24-,28-;15-,16-,17-;5*9-/m0000000/s1. The summed E-state index contributed by atoms with van der Waals surface area (Å²) in [6.07, 6.45) is 10.3. The van der Waals surface area contributed by atoms with Gasteiger partial charge in [0.15, 0.2) is 0 Å². The van der Waals surface area contributed by atoms with E-state index in [2.05, 4.69) is 69.3 Å². The molecule has 1 aromatic rings. The van der Waals surface area contributed by atoms with Crippen LogP contribution in [-0.4, -0.2) is 356 Å². The highest BCUT2D eigenvalue weighted by molar-refractivity contribution is 8.00. The maximum absolute atomic E-state index is 13.7. The first-order valence-corrected chi connectivity index (χ1v) is 58.0. The quantitative estimate of drug-likeness (QED) is 0.0679. The average molecular weight is 2180 g/mol. The molecule has 14 atom stereocenters. The lowest BCUT2D eigenvalue weighted by atomic mass is 9.94. The highest BCUT2D eigenvalue weighted by atomic mass is 32.2. The molecule has 0 spiro atoms. The van der Waals surface area contributed by atoms with E-state index in [4.69, 9.17) is 17.2 Å².